The summed E-state index contributed by atoms with van der Waals surface area (Å²) in [6, 6.07) is 18.5. The summed E-state index contributed by atoms with van der Waals surface area (Å²) in [6.07, 6.45) is 1.80. The fraction of sp³-hybridized carbons (Fsp3) is 0. The van der Waals surface area contributed by atoms with E-state index >= 15 is 0 Å². The number of pyridine rings is 1. The van der Waals surface area contributed by atoms with Crippen molar-refractivity contribution in [3.63, 3.8) is 0 Å². The Balaban J connectivity index is 2.41. The molecule has 19 heavy (non-hydrogen) atoms. The molecule has 0 saturated heterocycles. The molecule has 0 aliphatic carbocycles. The van der Waals surface area contributed by atoms with Gasteiger partial charge in [0.05, 0.1) is 5.52 Å². The van der Waals surface area contributed by atoms with Gasteiger partial charge in [0.2, 0.25) is 0 Å². The number of imidazole rings is 1. The van der Waals surface area contributed by atoms with E-state index in [1.165, 1.54) is 10.8 Å². The van der Waals surface area contributed by atoms with Gasteiger partial charge < -0.3 is 0 Å². The SMILES string of the molecule is N#Cc1cn2c3ccccc3c3ccccc3c2n1. The molecule has 0 atom stereocenters. The van der Waals surface area contributed by atoms with Crippen LogP contribution < -0.4 is 0 Å². The van der Waals surface area contributed by atoms with E-state index in [4.69, 9.17) is 5.26 Å². The Bertz CT molecular complexity index is 901. The molecule has 0 radical (unpaired) electrons. The lowest BCUT2D eigenvalue weighted by Gasteiger charge is -2.07. The van der Waals surface area contributed by atoms with Crippen LogP contribution in [0.5, 0.6) is 0 Å². The summed E-state index contributed by atoms with van der Waals surface area (Å²) in [5.74, 6) is 0. The highest BCUT2D eigenvalue weighted by molar-refractivity contribution is 6.11. The number of hydrogen-bond acceptors (Lipinski definition) is 2. The molecule has 2 aromatic carbocycles. The summed E-state index contributed by atoms with van der Waals surface area (Å²) in [5, 5.41) is 12.5. The Morgan fingerprint density at radius 2 is 1.58 bits per heavy atom. The topological polar surface area (TPSA) is 41.1 Å². The third-order valence-electron chi connectivity index (χ3n) is 3.44. The molecule has 0 fully saturated rings. The quantitative estimate of drug-likeness (QED) is 0.443. The summed E-state index contributed by atoms with van der Waals surface area (Å²) in [7, 11) is 0. The monoisotopic (exact) mass is 243 g/mol. The molecule has 88 valence electrons. The number of fused-ring (bicyclic) bond motifs is 6. The normalized spacial score (nSPS) is 11.1. The van der Waals surface area contributed by atoms with E-state index in [0.29, 0.717) is 5.69 Å². The maximum atomic E-state index is 9.06. The second kappa shape index (κ2) is 3.56. The van der Waals surface area contributed by atoms with Crippen LogP contribution in [-0.2, 0) is 0 Å². The molecule has 4 aromatic rings. The van der Waals surface area contributed by atoms with Crippen molar-refractivity contribution in [1.82, 2.24) is 9.38 Å². The van der Waals surface area contributed by atoms with Gasteiger partial charge in [-0.2, -0.15) is 5.26 Å². The molecule has 2 heterocycles. The van der Waals surface area contributed by atoms with Crippen LogP contribution in [0, 0.1) is 11.3 Å². The van der Waals surface area contributed by atoms with Gasteiger partial charge in [-0.15, -0.1) is 0 Å². The van der Waals surface area contributed by atoms with Crippen molar-refractivity contribution in [1.29, 1.82) is 5.26 Å². The highest BCUT2D eigenvalue weighted by Crippen LogP contribution is 2.28. The first-order valence-electron chi connectivity index (χ1n) is 6.07. The minimum Gasteiger partial charge on any atom is -0.298 e. The van der Waals surface area contributed by atoms with Gasteiger partial charge in [-0.25, -0.2) is 4.98 Å². The third kappa shape index (κ3) is 1.28. The molecular weight excluding hydrogens is 234 g/mol. The highest BCUT2D eigenvalue weighted by Gasteiger charge is 2.10. The van der Waals surface area contributed by atoms with E-state index in [0.717, 1.165) is 16.6 Å². The number of nitriles is 1. The fourth-order valence-corrected chi connectivity index (χ4v) is 2.63. The first-order valence-corrected chi connectivity index (χ1v) is 6.07. The Morgan fingerprint density at radius 1 is 0.895 bits per heavy atom. The summed E-state index contributed by atoms with van der Waals surface area (Å²) < 4.78 is 2.00. The van der Waals surface area contributed by atoms with E-state index in [-0.39, 0.29) is 0 Å². The van der Waals surface area contributed by atoms with Crippen LogP contribution in [-0.4, -0.2) is 9.38 Å². The number of para-hydroxylation sites is 1. The van der Waals surface area contributed by atoms with Crippen molar-refractivity contribution < 1.29 is 0 Å². The van der Waals surface area contributed by atoms with Crippen molar-refractivity contribution >= 4 is 27.3 Å². The van der Waals surface area contributed by atoms with E-state index in [1.54, 1.807) is 6.20 Å². The largest absolute Gasteiger partial charge is 0.298 e. The summed E-state index contributed by atoms with van der Waals surface area (Å²) in [6.45, 7) is 0. The van der Waals surface area contributed by atoms with E-state index in [2.05, 4.69) is 29.3 Å². The molecule has 0 amide bonds. The second-order valence-electron chi connectivity index (χ2n) is 4.49. The summed E-state index contributed by atoms with van der Waals surface area (Å²) in [5.41, 5.74) is 2.36. The zero-order chi connectivity index (χ0) is 12.8. The van der Waals surface area contributed by atoms with Crippen LogP contribution in [0.4, 0.5) is 0 Å². The molecule has 3 heteroatoms. The first kappa shape index (κ1) is 10.1. The zero-order valence-corrected chi connectivity index (χ0v) is 10.0. The predicted octanol–water partition coefficient (Wildman–Crippen LogP) is 3.51. The Kier molecular flexibility index (Phi) is 1.89. The highest BCUT2D eigenvalue weighted by atomic mass is 15.0. The lowest BCUT2D eigenvalue weighted by atomic mass is 10.1. The van der Waals surface area contributed by atoms with Gasteiger partial charge >= 0.3 is 0 Å². The number of hydrogen-bond donors (Lipinski definition) is 0. The summed E-state index contributed by atoms with van der Waals surface area (Å²) >= 11 is 0. The van der Waals surface area contributed by atoms with Crippen LogP contribution in [0.1, 0.15) is 5.69 Å². The third-order valence-corrected chi connectivity index (χ3v) is 3.44. The molecule has 0 bridgehead atoms. The van der Waals surface area contributed by atoms with Crippen LogP contribution in [0.25, 0.3) is 27.3 Å². The van der Waals surface area contributed by atoms with Crippen LogP contribution in [0.3, 0.4) is 0 Å². The predicted molar refractivity (Wildman–Crippen MR) is 74.9 cm³/mol. The van der Waals surface area contributed by atoms with Gasteiger partial charge in [-0.1, -0.05) is 42.5 Å². The van der Waals surface area contributed by atoms with Gasteiger partial charge in [0.15, 0.2) is 5.69 Å². The molecule has 0 unspecified atom stereocenters. The minimum atomic E-state index is 0.446. The van der Waals surface area contributed by atoms with Gasteiger partial charge in [0.1, 0.15) is 11.7 Å². The van der Waals surface area contributed by atoms with E-state index in [1.807, 2.05) is 34.7 Å². The molecule has 0 N–H and O–H groups in total. The average molecular weight is 243 g/mol. The first-order chi connectivity index (χ1) is 9.38. The molecule has 3 nitrogen and oxygen atoms in total. The molecule has 0 saturated carbocycles. The van der Waals surface area contributed by atoms with Crippen molar-refractivity contribution in [3.8, 4) is 6.07 Å². The lowest BCUT2D eigenvalue weighted by molar-refractivity contribution is 1.27. The van der Waals surface area contributed by atoms with Gasteiger partial charge in [0.25, 0.3) is 0 Å². The fourth-order valence-electron chi connectivity index (χ4n) is 2.63. The average Bonchev–Trinajstić information content (AvgIpc) is 2.92. The van der Waals surface area contributed by atoms with E-state index in [9.17, 15) is 0 Å². The summed E-state index contributed by atoms with van der Waals surface area (Å²) in [4.78, 5) is 4.41. The van der Waals surface area contributed by atoms with Crippen molar-refractivity contribution in [2.75, 3.05) is 0 Å². The molecule has 2 aromatic heterocycles. The Hall–Kier alpha value is -2.86. The molecule has 0 aliphatic rings. The number of nitrogens with zero attached hydrogens (tertiary/aromatic N) is 3. The van der Waals surface area contributed by atoms with Crippen LogP contribution in [0.2, 0.25) is 0 Å². The Labute approximate surface area is 109 Å². The zero-order valence-electron chi connectivity index (χ0n) is 10.0. The van der Waals surface area contributed by atoms with Crippen molar-refractivity contribution in [2.45, 2.75) is 0 Å². The minimum absolute atomic E-state index is 0.446. The van der Waals surface area contributed by atoms with Crippen molar-refractivity contribution in [3.05, 3.63) is 60.4 Å². The number of aromatic nitrogens is 2. The van der Waals surface area contributed by atoms with Gasteiger partial charge in [-0.3, -0.25) is 4.40 Å². The molecule has 0 spiro atoms. The second-order valence-corrected chi connectivity index (χ2v) is 4.49. The molecule has 0 aliphatic heterocycles. The maximum absolute atomic E-state index is 9.06. The standard InChI is InChI=1S/C16H9N3/c17-9-11-10-19-15-8-4-3-6-13(15)12-5-1-2-7-14(12)16(19)18-11/h1-8,10H. The van der Waals surface area contributed by atoms with Gasteiger partial charge in [-0.05, 0) is 11.5 Å². The van der Waals surface area contributed by atoms with Crippen molar-refractivity contribution in [2.24, 2.45) is 0 Å². The smallest absolute Gasteiger partial charge is 0.159 e. The van der Waals surface area contributed by atoms with E-state index < -0.39 is 0 Å². The molecular formula is C16H9N3. The maximum Gasteiger partial charge on any atom is 0.159 e. The Morgan fingerprint density at radius 3 is 2.37 bits per heavy atom. The van der Waals surface area contributed by atoms with Crippen LogP contribution >= 0.6 is 0 Å². The number of rotatable bonds is 0. The number of benzene rings is 2. The van der Waals surface area contributed by atoms with Crippen LogP contribution in [0.15, 0.2) is 54.7 Å². The van der Waals surface area contributed by atoms with Gasteiger partial charge in [0, 0.05) is 17.0 Å². The molecule has 4 rings (SSSR count). The lowest BCUT2D eigenvalue weighted by Crippen LogP contribution is -1.89.